The third kappa shape index (κ3) is 3.50. The normalized spacial score (nSPS) is 25.9. The molecule has 0 amide bonds. The fraction of sp³-hybridized carbons (Fsp3) is 0.562. The monoisotopic (exact) mass is 280 g/mol. The Hall–Kier alpha value is -1.02. The lowest BCUT2D eigenvalue weighted by atomic mass is 9.71. The molecule has 0 spiro atoms. The molecule has 0 heterocycles. The highest BCUT2D eigenvalue weighted by molar-refractivity contribution is 6.32. The predicted molar refractivity (Wildman–Crippen MR) is 78.1 cm³/mol. The van der Waals surface area contributed by atoms with Crippen LogP contribution in [0.5, 0.6) is 5.75 Å². The molecule has 0 saturated heterocycles. The summed E-state index contributed by atoms with van der Waals surface area (Å²) in [6, 6.07) is 5.28. The lowest BCUT2D eigenvalue weighted by Gasteiger charge is -2.39. The number of carbonyl (C=O) groups excluding carboxylic acids is 1. The Morgan fingerprint density at radius 1 is 1.37 bits per heavy atom. The standard InChI is InChI=1S/C16H21ClO2/c1-11-7-13(9-16(2,3)8-11)19-15-12(10-18)5-4-6-14(15)17/h4-6,10-11,13H,7-9H2,1-3H3. The summed E-state index contributed by atoms with van der Waals surface area (Å²) in [4.78, 5) is 11.1. The summed E-state index contributed by atoms with van der Waals surface area (Å²) in [5.41, 5.74) is 0.814. The first-order valence-electron chi connectivity index (χ1n) is 6.81. The Morgan fingerprint density at radius 2 is 2.11 bits per heavy atom. The molecule has 1 fully saturated rings. The van der Waals surface area contributed by atoms with Crippen LogP contribution in [0.1, 0.15) is 50.4 Å². The number of benzene rings is 1. The number of para-hydroxylation sites is 1. The van der Waals surface area contributed by atoms with Gasteiger partial charge >= 0.3 is 0 Å². The summed E-state index contributed by atoms with van der Waals surface area (Å²) in [7, 11) is 0. The topological polar surface area (TPSA) is 26.3 Å². The Kier molecular flexibility index (Phi) is 4.19. The molecule has 1 aromatic carbocycles. The predicted octanol–water partition coefficient (Wildman–Crippen LogP) is 4.75. The van der Waals surface area contributed by atoms with Gasteiger partial charge < -0.3 is 4.74 Å². The SMILES string of the molecule is CC1CC(Oc2c(Cl)cccc2C=O)CC(C)(C)C1. The minimum Gasteiger partial charge on any atom is -0.488 e. The minimum atomic E-state index is 0.136. The molecule has 2 rings (SSSR count). The van der Waals surface area contributed by atoms with E-state index < -0.39 is 0 Å². The maximum Gasteiger partial charge on any atom is 0.153 e. The Labute approximate surface area is 120 Å². The van der Waals surface area contributed by atoms with Gasteiger partial charge in [0.15, 0.2) is 6.29 Å². The van der Waals surface area contributed by atoms with E-state index in [-0.39, 0.29) is 11.5 Å². The van der Waals surface area contributed by atoms with Crippen molar-refractivity contribution in [3.05, 3.63) is 28.8 Å². The zero-order chi connectivity index (χ0) is 14.0. The fourth-order valence-electron chi connectivity index (χ4n) is 3.26. The molecule has 0 aliphatic heterocycles. The van der Waals surface area contributed by atoms with Gasteiger partial charge in [-0.3, -0.25) is 4.79 Å². The van der Waals surface area contributed by atoms with Gasteiger partial charge in [-0.2, -0.15) is 0 Å². The summed E-state index contributed by atoms with van der Waals surface area (Å²) < 4.78 is 6.05. The average Bonchev–Trinajstić information content (AvgIpc) is 2.29. The van der Waals surface area contributed by atoms with Crippen LogP contribution in [0.2, 0.25) is 5.02 Å². The number of hydrogen-bond acceptors (Lipinski definition) is 2. The van der Waals surface area contributed by atoms with E-state index in [2.05, 4.69) is 20.8 Å². The molecule has 1 aliphatic carbocycles. The van der Waals surface area contributed by atoms with Crippen molar-refractivity contribution >= 4 is 17.9 Å². The molecule has 0 aromatic heterocycles. The highest BCUT2D eigenvalue weighted by Crippen LogP contribution is 2.41. The average molecular weight is 281 g/mol. The Morgan fingerprint density at radius 3 is 2.74 bits per heavy atom. The van der Waals surface area contributed by atoms with Crippen molar-refractivity contribution in [1.29, 1.82) is 0 Å². The minimum absolute atomic E-state index is 0.136. The molecular formula is C16H21ClO2. The second-order valence-corrected chi connectivity index (χ2v) is 6.84. The summed E-state index contributed by atoms with van der Waals surface area (Å²) in [5.74, 6) is 1.17. The van der Waals surface area contributed by atoms with Gasteiger partial charge in [-0.25, -0.2) is 0 Å². The van der Waals surface area contributed by atoms with Gasteiger partial charge in [0.2, 0.25) is 0 Å². The van der Waals surface area contributed by atoms with E-state index in [1.54, 1.807) is 18.2 Å². The van der Waals surface area contributed by atoms with E-state index in [1.807, 2.05) is 0 Å². The number of carbonyl (C=O) groups is 1. The third-order valence-electron chi connectivity index (χ3n) is 3.76. The first-order valence-corrected chi connectivity index (χ1v) is 7.19. The van der Waals surface area contributed by atoms with Crippen molar-refractivity contribution in [2.45, 2.75) is 46.1 Å². The molecule has 1 saturated carbocycles. The number of aldehydes is 1. The number of rotatable bonds is 3. The molecule has 0 bridgehead atoms. The first kappa shape index (κ1) is 14.4. The van der Waals surface area contributed by atoms with Crippen LogP contribution in [0.25, 0.3) is 0 Å². The Bertz CT molecular complexity index is 468. The lowest BCUT2D eigenvalue weighted by Crippen LogP contribution is -2.34. The van der Waals surface area contributed by atoms with Crippen LogP contribution in [-0.4, -0.2) is 12.4 Å². The van der Waals surface area contributed by atoms with Crippen LogP contribution in [0, 0.1) is 11.3 Å². The van der Waals surface area contributed by atoms with Crippen LogP contribution in [0.3, 0.4) is 0 Å². The van der Waals surface area contributed by atoms with Crippen LogP contribution < -0.4 is 4.74 Å². The van der Waals surface area contributed by atoms with Crippen LogP contribution >= 0.6 is 11.6 Å². The van der Waals surface area contributed by atoms with Gasteiger partial charge in [0.25, 0.3) is 0 Å². The zero-order valence-corrected chi connectivity index (χ0v) is 12.5. The quantitative estimate of drug-likeness (QED) is 0.747. The van der Waals surface area contributed by atoms with E-state index in [1.165, 1.54) is 6.42 Å². The molecule has 1 aromatic rings. The smallest absolute Gasteiger partial charge is 0.153 e. The third-order valence-corrected chi connectivity index (χ3v) is 4.05. The molecule has 0 N–H and O–H groups in total. The molecule has 1 aliphatic rings. The summed E-state index contributed by atoms with van der Waals surface area (Å²) in [6.45, 7) is 6.79. The molecule has 0 radical (unpaired) electrons. The number of hydrogen-bond donors (Lipinski definition) is 0. The molecule has 2 atom stereocenters. The lowest BCUT2D eigenvalue weighted by molar-refractivity contribution is 0.0558. The van der Waals surface area contributed by atoms with Crippen molar-refractivity contribution in [3.63, 3.8) is 0 Å². The maximum atomic E-state index is 11.1. The molecule has 104 valence electrons. The molecule has 3 heteroatoms. The Balaban J connectivity index is 2.19. The second kappa shape index (κ2) is 5.54. The zero-order valence-electron chi connectivity index (χ0n) is 11.8. The van der Waals surface area contributed by atoms with E-state index in [0.29, 0.717) is 22.3 Å². The molecule has 2 unspecified atom stereocenters. The number of halogens is 1. The molecule has 2 nitrogen and oxygen atoms in total. The van der Waals surface area contributed by atoms with Crippen molar-refractivity contribution in [3.8, 4) is 5.75 Å². The van der Waals surface area contributed by atoms with Gasteiger partial charge in [-0.15, -0.1) is 0 Å². The van der Waals surface area contributed by atoms with Crippen molar-refractivity contribution in [2.75, 3.05) is 0 Å². The largest absolute Gasteiger partial charge is 0.488 e. The van der Waals surface area contributed by atoms with Gasteiger partial charge in [-0.1, -0.05) is 38.4 Å². The van der Waals surface area contributed by atoms with Gasteiger partial charge in [-0.05, 0) is 42.7 Å². The summed E-state index contributed by atoms with van der Waals surface area (Å²) in [6.07, 6.45) is 4.18. The van der Waals surface area contributed by atoms with Gasteiger partial charge in [0.05, 0.1) is 16.7 Å². The number of ether oxygens (including phenoxy) is 1. The van der Waals surface area contributed by atoms with E-state index in [9.17, 15) is 4.79 Å². The molecule has 19 heavy (non-hydrogen) atoms. The van der Waals surface area contributed by atoms with Crippen LogP contribution in [-0.2, 0) is 0 Å². The van der Waals surface area contributed by atoms with E-state index in [0.717, 1.165) is 19.1 Å². The maximum absolute atomic E-state index is 11.1. The summed E-state index contributed by atoms with van der Waals surface area (Å²) >= 11 is 6.15. The van der Waals surface area contributed by atoms with Gasteiger partial charge in [0.1, 0.15) is 5.75 Å². The fourth-order valence-corrected chi connectivity index (χ4v) is 3.48. The van der Waals surface area contributed by atoms with E-state index >= 15 is 0 Å². The highest BCUT2D eigenvalue weighted by atomic mass is 35.5. The van der Waals surface area contributed by atoms with Crippen molar-refractivity contribution in [1.82, 2.24) is 0 Å². The van der Waals surface area contributed by atoms with Crippen LogP contribution in [0.4, 0.5) is 0 Å². The van der Waals surface area contributed by atoms with Crippen LogP contribution in [0.15, 0.2) is 18.2 Å². The summed E-state index contributed by atoms with van der Waals surface area (Å²) in [5, 5.41) is 0.514. The van der Waals surface area contributed by atoms with Gasteiger partial charge in [0, 0.05) is 0 Å². The first-order chi connectivity index (χ1) is 8.91. The molecular weight excluding hydrogens is 260 g/mol. The highest BCUT2D eigenvalue weighted by Gasteiger charge is 2.33. The van der Waals surface area contributed by atoms with Crippen molar-refractivity contribution in [2.24, 2.45) is 11.3 Å². The van der Waals surface area contributed by atoms with E-state index in [4.69, 9.17) is 16.3 Å². The van der Waals surface area contributed by atoms with Crippen molar-refractivity contribution < 1.29 is 9.53 Å². The second-order valence-electron chi connectivity index (χ2n) is 6.43.